The summed E-state index contributed by atoms with van der Waals surface area (Å²) in [5, 5.41) is 3.34. The first kappa shape index (κ1) is 13.6. The van der Waals surface area contributed by atoms with Crippen LogP contribution in [0.4, 0.5) is 0 Å². The van der Waals surface area contributed by atoms with Crippen LogP contribution in [0.15, 0.2) is 35.1 Å². The van der Waals surface area contributed by atoms with Gasteiger partial charge < -0.3 is 14.5 Å². The van der Waals surface area contributed by atoms with Gasteiger partial charge in [-0.2, -0.15) is 0 Å². The highest BCUT2D eigenvalue weighted by Crippen LogP contribution is 2.18. The summed E-state index contributed by atoms with van der Waals surface area (Å²) in [4.78, 5) is 4.20. The largest absolute Gasteiger partial charge is 0.487 e. The van der Waals surface area contributed by atoms with Gasteiger partial charge in [0.15, 0.2) is 0 Å². The number of hydrogen-bond donors (Lipinski definition) is 1. The molecule has 0 aliphatic heterocycles. The third-order valence-electron chi connectivity index (χ3n) is 2.85. The van der Waals surface area contributed by atoms with Crippen LogP contribution in [0.1, 0.15) is 30.9 Å². The van der Waals surface area contributed by atoms with Crippen molar-refractivity contribution < 1.29 is 9.15 Å². The first-order chi connectivity index (χ1) is 9.16. The highest BCUT2D eigenvalue weighted by Gasteiger charge is 2.08. The molecule has 1 N–H and O–H groups in total. The lowest BCUT2D eigenvalue weighted by Crippen LogP contribution is -2.22. The standard InChI is InChI=1S/C15H20N2O2/c1-11(2)17-9-15-13(6-8-18-15)10-19-14-5-4-7-16-12(14)3/h4-8,11,17H,9-10H2,1-3H3. The van der Waals surface area contributed by atoms with Gasteiger partial charge in [-0.3, -0.25) is 4.98 Å². The van der Waals surface area contributed by atoms with Crippen LogP contribution in [-0.4, -0.2) is 11.0 Å². The Balaban J connectivity index is 1.96. The van der Waals surface area contributed by atoms with Crippen molar-refractivity contribution in [2.24, 2.45) is 0 Å². The van der Waals surface area contributed by atoms with E-state index in [0.29, 0.717) is 12.6 Å². The molecule has 0 amide bonds. The monoisotopic (exact) mass is 260 g/mol. The van der Waals surface area contributed by atoms with E-state index in [4.69, 9.17) is 9.15 Å². The Labute approximate surface area is 113 Å². The van der Waals surface area contributed by atoms with Crippen LogP contribution in [0.25, 0.3) is 0 Å². The minimum absolute atomic E-state index is 0.430. The quantitative estimate of drug-likeness (QED) is 0.867. The fourth-order valence-electron chi connectivity index (χ4n) is 1.73. The molecular weight excluding hydrogens is 240 g/mol. The fraction of sp³-hybridized carbons (Fsp3) is 0.400. The second-order valence-electron chi connectivity index (χ2n) is 4.78. The number of aromatic nitrogens is 1. The summed E-state index contributed by atoms with van der Waals surface area (Å²) in [6, 6.07) is 6.18. The van der Waals surface area contributed by atoms with E-state index in [0.717, 1.165) is 29.3 Å². The maximum atomic E-state index is 5.78. The van der Waals surface area contributed by atoms with Crippen molar-refractivity contribution in [1.82, 2.24) is 10.3 Å². The van der Waals surface area contributed by atoms with Crippen LogP contribution in [0.2, 0.25) is 0 Å². The third-order valence-corrected chi connectivity index (χ3v) is 2.85. The van der Waals surface area contributed by atoms with Crippen LogP contribution >= 0.6 is 0 Å². The summed E-state index contributed by atoms with van der Waals surface area (Å²) in [5.74, 6) is 1.74. The Morgan fingerprint density at radius 1 is 1.37 bits per heavy atom. The molecule has 0 aliphatic carbocycles. The van der Waals surface area contributed by atoms with Gasteiger partial charge in [-0.25, -0.2) is 0 Å². The van der Waals surface area contributed by atoms with E-state index < -0.39 is 0 Å². The van der Waals surface area contributed by atoms with Crippen molar-refractivity contribution in [3.05, 3.63) is 47.7 Å². The zero-order chi connectivity index (χ0) is 13.7. The molecule has 0 fully saturated rings. The second kappa shape index (κ2) is 6.38. The van der Waals surface area contributed by atoms with Gasteiger partial charge in [-0.05, 0) is 25.1 Å². The molecule has 0 bridgehead atoms. The van der Waals surface area contributed by atoms with Crippen LogP contribution < -0.4 is 10.1 Å². The van der Waals surface area contributed by atoms with Gasteiger partial charge in [-0.1, -0.05) is 13.8 Å². The number of hydrogen-bond acceptors (Lipinski definition) is 4. The van der Waals surface area contributed by atoms with Gasteiger partial charge in [0, 0.05) is 17.8 Å². The van der Waals surface area contributed by atoms with Crippen LogP contribution in [0.5, 0.6) is 5.75 Å². The van der Waals surface area contributed by atoms with E-state index in [1.54, 1.807) is 12.5 Å². The van der Waals surface area contributed by atoms with E-state index >= 15 is 0 Å². The van der Waals surface area contributed by atoms with E-state index in [2.05, 4.69) is 24.1 Å². The summed E-state index contributed by atoms with van der Waals surface area (Å²) in [6.45, 7) is 7.37. The molecule has 0 saturated carbocycles. The average Bonchev–Trinajstić information content (AvgIpc) is 2.83. The van der Waals surface area contributed by atoms with Gasteiger partial charge >= 0.3 is 0 Å². The molecule has 0 saturated heterocycles. The summed E-state index contributed by atoms with van der Waals surface area (Å²) >= 11 is 0. The summed E-state index contributed by atoms with van der Waals surface area (Å²) in [5.41, 5.74) is 1.96. The third kappa shape index (κ3) is 3.83. The Hall–Kier alpha value is -1.81. The number of ether oxygens (including phenoxy) is 1. The molecule has 2 aromatic rings. The number of nitrogens with one attached hydrogen (secondary N) is 1. The molecule has 4 heteroatoms. The predicted molar refractivity (Wildman–Crippen MR) is 74.0 cm³/mol. The summed E-state index contributed by atoms with van der Waals surface area (Å²) in [6.07, 6.45) is 3.46. The number of furan rings is 1. The molecular formula is C15H20N2O2. The minimum atomic E-state index is 0.430. The van der Waals surface area contributed by atoms with Crippen LogP contribution in [0, 0.1) is 6.92 Å². The van der Waals surface area contributed by atoms with Crippen molar-refractivity contribution in [1.29, 1.82) is 0 Å². The molecule has 0 aliphatic rings. The van der Waals surface area contributed by atoms with Gasteiger partial charge in [0.05, 0.1) is 18.5 Å². The second-order valence-corrected chi connectivity index (χ2v) is 4.78. The molecule has 102 valence electrons. The topological polar surface area (TPSA) is 47.3 Å². The first-order valence-electron chi connectivity index (χ1n) is 6.50. The average molecular weight is 260 g/mol. The van der Waals surface area contributed by atoms with Gasteiger partial charge in [-0.15, -0.1) is 0 Å². The van der Waals surface area contributed by atoms with Crippen LogP contribution in [0.3, 0.4) is 0 Å². The van der Waals surface area contributed by atoms with Crippen molar-refractivity contribution >= 4 is 0 Å². The Kier molecular flexibility index (Phi) is 4.58. The molecule has 4 nitrogen and oxygen atoms in total. The van der Waals surface area contributed by atoms with Crippen LogP contribution in [-0.2, 0) is 13.2 Å². The molecule has 2 heterocycles. The lowest BCUT2D eigenvalue weighted by molar-refractivity contribution is 0.297. The van der Waals surface area contributed by atoms with Crippen molar-refractivity contribution in [2.45, 2.75) is 40.0 Å². The van der Waals surface area contributed by atoms with Gasteiger partial charge in [0.1, 0.15) is 18.1 Å². The Morgan fingerprint density at radius 2 is 2.21 bits per heavy atom. The predicted octanol–water partition coefficient (Wildman–Crippen LogP) is 3.06. The van der Waals surface area contributed by atoms with E-state index in [1.807, 2.05) is 25.1 Å². The Bertz CT molecular complexity index is 520. The smallest absolute Gasteiger partial charge is 0.141 e. The Morgan fingerprint density at radius 3 is 2.95 bits per heavy atom. The summed E-state index contributed by atoms with van der Waals surface area (Å²) < 4.78 is 11.3. The number of pyridine rings is 1. The maximum absolute atomic E-state index is 5.78. The van der Waals surface area contributed by atoms with Crippen molar-refractivity contribution in [3.8, 4) is 5.75 Å². The fourth-order valence-corrected chi connectivity index (χ4v) is 1.73. The molecule has 0 unspecified atom stereocenters. The number of aryl methyl sites for hydroxylation is 1. The molecule has 0 atom stereocenters. The lowest BCUT2D eigenvalue weighted by Gasteiger charge is -2.10. The first-order valence-corrected chi connectivity index (χ1v) is 6.50. The highest BCUT2D eigenvalue weighted by atomic mass is 16.5. The molecule has 2 aromatic heterocycles. The summed E-state index contributed by atoms with van der Waals surface area (Å²) in [7, 11) is 0. The van der Waals surface area contributed by atoms with E-state index in [-0.39, 0.29) is 0 Å². The highest BCUT2D eigenvalue weighted by molar-refractivity contribution is 5.26. The zero-order valence-electron chi connectivity index (χ0n) is 11.6. The van der Waals surface area contributed by atoms with Crippen molar-refractivity contribution in [3.63, 3.8) is 0 Å². The minimum Gasteiger partial charge on any atom is -0.487 e. The maximum Gasteiger partial charge on any atom is 0.141 e. The normalized spacial score (nSPS) is 10.9. The van der Waals surface area contributed by atoms with Crippen molar-refractivity contribution in [2.75, 3.05) is 0 Å². The molecule has 0 radical (unpaired) electrons. The molecule has 0 aromatic carbocycles. The number of nitrogens with zero attached hydrogens (tertiary/aromatic N) is 1. The number of rotatable bonds is 6. The zero-order valence-corrected chi connectivity index (χ0v) is 11.6. The molecule has 2 rings (SSSR count). The van der Waals surface area contributed by atoms with E-state index in [1.165, 1.54) is 0 Å². The molecule has 0 spiro atoms. The molecule has 19 heavy (non-hydrogen) atoms. The van der Waals surface area contributed by atoms with Gasteiger partial charge in [0.2, 0.25) is 0 Å². The van der Waals surface area contributed by atoms with Gasteiger partial charge in [0.25, 0.3) is 0 Å². The van der Waals surface area contributed by atoms with E-state index in [9.17, 15) is 0 Å². The lowest BCUT2D eigenvalue weighted by atomic mass is 10.2. The SMILES string of the molecule is Cc1ncccc1OCc1ccoc1CNC(C)C.